The minimum absolute atomic E-state index is 0.0955. The fourth-order valence-electron chi connectivity index (χ4n) is 4.50. The molecule has 2 N–H and O–H groups in total. The highest BCUT2D eigenvalue weighted by atomic mass is 16.6. The number of amides is 3. The second-order valence-electron chi connectivity index (χ2n) is 10.9. The molecule has 198 valence electrons. The average Bonchev–Trinajstić information content (AvgIpc) is 2.81. The fourth-order valence-corrected chi connectivity index (χ4v) is 4.50. The van der Waals surface area contributed by atoms with Gasteiger partial charge in [0.2, 0.25) is 11.8 Å². The van der Waals surface area contributed by atoms with E-state index in [2.05, 4.69) is 16.6 Å². The molecule has 1 fully saturated rings. The minimum atomic E-state index is -0.846. The van der Waals surface area contributed by atoms with Crippen molar-refractivity contribution in [3.63, 3.8) is 0 Å². The number of carbonyl (C=O) groups is 3. The van der Waals surface area contributed by atoms with E-state index in [1.54, 1.807) is 37.8 Å². The molecule has 1 aromatic rings. The van der Waals surface area contributed by atoms with E-state index in [-0.39, 0.29) is 23.8 Å². The molecule has 1 aliphatic carbocycles. The molecule has 0 aromatic heterocycles. The Morgan fingerprint density at radius 1 is 1.11 bits per heavy atom. The van der Waals surface area contributed by atoms with E-state index in [0.717, 1.165) is 25.7 Å². The summed E-state index contributed by atoms with van der Waals surface area (Å²) in [5.74, 6) is 1.85. The van der Waals surface area contributed by atoms with E-state index in [0.29, 0.717) is 24.1 Å². The number of hydrogen-bond acceptors (Lipinski definition) is 4. The van der Waals surface area contributed by atoms with Crippen LogP contribution in [0.3, 0.4) is 0 Å². The van der Waals surface area contributed by atoms with Gasteiger partial charge in [-0.2, -0.15) is 0 Å². The molecule has 2 atom stereocenters. The van der Waals surface area contributed by atoms with Crippen molar-refractivity contribution in [1.29, 1.82) is 0 Å². The van der Waals surface area contributed by atoms with Gasteiger partial charge in [-0.15, -0.1) is 6.42 Å². The number of benzene rings is 1. The van der Waals surface area contributed by atoms with E-state index >= 15 is 0 Å². The lowest BCUT2D eigenvalue weighted by Crippen LogP contribution is -2.55. The smallest absolute Gasteiger partial charge is 0.408 e. The van der Waals surface area contributed by atoms with Gasteiger partial charge in [0.15, 0.2) is 0 Å². The highest BCUT2D eigenvalue weighted by Gasteiger charge is 2.37. The zero-order valence-electron chi connectivity index (χ0n) is 22.7. The molecule has 0 bridgehead atoms. The molecular weight excluding hydrogens is 454 g/mol. The Morgan fingerprint density at radius 3 is 2.22 bits per heavy atom. The highest BCUT2D eigenvalue weighted by molar-refractivity contribution is 5.92. The number of ether oxygens (including phenoxy) is 1. The normalized spacial score (nSPS) is 15.9. The van der Waals surface area contributed by atoms with Crippen molar-refractivity contribution in [2.45, 2.75) is 104 Å². The Morgan fingerprint density at radius 2 is 1.72 bits per heavy atom. The zero-order chi connectivity index (χ0) is 26.9. The van der Waals surface area contributed by atoms with Crippen molar-refractivity contribution >= 4 is 17.9 Å². The second-order valence-corrected chi connectivity index (χ2v) is 10.9. The van der Waals surface area contributed by atoms with Gasteiger partial charge >= 0.3 is 6.09 Å². The maximum absolute atomic E-state index is 14.0. The third kappa shape index (κ3) is 8.58. The van der Waals surface area contributed by atoms with Gasteiger partial charge in [-0.1, -0.05) is 58.1 Å². The molecule has 1 saturated carbocycles. The Balaban J connectivity index is 2.42. The van der Waals surface area contributed by atoms with Gasteiger partial charge in [0.1, 0.15) is 17.7 Å². The van der Waals surface area contributed by atoms with E-state index in [1.807, 2.05) is 32.9 Å². The standard InChI is InChI=1S/C29H43N3O4/c1-8-19-32(27(34)24(20(3)4)31-28(35)36-29(5,6)7)25(22-17-15-21(9-2)16-18-22)26(33)30-23-13-11-10-12-14-23/h2,15-18,20,23-25H,8,10-14,19H2,1,3-7H3,(H,30,33)(H,31,35). The van der Waals surface area contributed by atoms with Crippen molar-refractivity contribution in [2.75, 3.05) is 6.54 Å². The summed E-state index contributed by atoms with van der Waals surface area (Å²) in [7, 11) is 0. The second kappa shape index (κ2) is 13.3. The molecule has 3 amide bonds. The first-order valence-electron chi connectivity index (χ1n) is 13.1. The molecule has 2 unspecified atom stereocenters. The third-order valence-electron chi connectivity index (χ3n) is 6.26. The monoisotopic (exact) mass is 497 g/mol. The Hall–Kier alpha value is -3.01. The maximum atomic E-state index is 14.0. The van der Waals surface area contributed by atoms with Crippen molar-refractivity contribution in [3.05, 3.63) is 35.4 Å². The van der Waals surface area contributed by atoms with Crippen molar-refractivity contribution in [3.8, 4) is 12.3 Å². The number of terminal acetylenes is 1. The molecule has 0 radical (unpaired) electrons. The predicted octanol–water partition coefficient (Wildman–Crippen LogP) is 4.95. The summed E-state index contributed by atoms with van der Waals surface area (Å²) in [6, 6.07) is 5.59. The summed E-state index contributed by atoms with van der Waals surface area (Å²) in [5, 5.41) is 5.94. The summed E-state index contributed by atoms with van der Waals surface area (Å²) in [6.07, 6.45) is 10.7. The van der Waals surface area contributed by atoms with Gasteiger partial charge in [-0.25, -0.2) is 4.79 Å². The topological polar surface area (TPSA) is 87.7 Å². The zero-order valence-corrected chi connectivity index (χ0v) is 22.7. The number of alkyl carbamates (subject to hydrolysis) is 1. The van der Waals surface area contributed by atoms with Crippen LogP contribution in [0.25, 0.3) is 0 Å². The van der Waals surface area contributed by atoms with Crippen LogP contribution in [0.2, 0.25) is 0 Å². The fraction of sp³-hybridized carbons (Fsp3) is 0.621. The van der Waals surface area contributed by atoms with Crippen LogP contribution in [0.4, 0.5) is 4.79 Å². The van der Waals surface area contributed by atoms with Crippen LogP contribution in [0.1, 0.15) is 97.2 Å². The predicted molar refractivity (Wildman–Crippen MR) is 142 cm³/mol. The molecule has 0 saturated heterocycles. The van der Waals surface area contributed by atoms with Crippen LogP contribution in [-0.2, 0) is 14.3 Å². The quantitative estimate of drug-likeness (QED) is 0.473. The number of rotatable bonds is 9. The SMILES string of the molecule is C#Cc1ccc(C(C(=O)NC2CCCCC2)N(CCC)C(=O)C(NC(=O)OC(C)(C)C)C(C)C)cc1. The number of nitrogens with zero attached hydrogens (tertiary/aromatic N) is 1. The lowest BCUT2D eigenvalue weighted by Gasteiger charge is -2.36. The van der Waals surface area contributed by atoms with Crippen molar-refractivity contribution in [1.82, 2.24) is 15.5 Å². The van der Waals surface area contributed by atoms with Crippen molar-refractivity contribution in [2.24, 2.45) is 5.92 Å². The average molecular weight is 498 g/mol. The van der Waals surface area contributed by atoms with Gasteiger partial charge in [0.25, 0.3) is 0 Å². The third-order valence-corrected chi connectivity index (χ3v) is 6.26. The summed E-state index contributed by atoms with van der Waals surface area (Å²) in [5.41, 5.74) is 0.688. The molecule has 1 aliphatic rings. The lowest BCUT2D eigenvalue weighted by molar-refractivity contribution is -0.143. The van der Waals surface area contributed by atoms with E-state index < -0.39 is 23.8 Å². The van der Waals surface area contributed by atoms with Crippen LogP contribution >= 0.6 is 0 Å². The largest absolute Gasteiger partial charge is 0.444 e. The van der Waals surface area contributed by atoms with Crippen LogP contribution in [0, 0.1) is 18.3 Å². The van der Waals surface area contributed by atoms with Crippen LogP contribution < -0.4 is 10.6 Å². The lowest BCUT2D eigenvalue weighted by atomic mass is 9.94. The number of carbonyl (C=O) groups excluding carboxylic acids is 3. The first-order chi connectivity index (χ1) is 17.0. The molecule has 0 heterocycles. The molecule has 36 heavy (non-hydrogen) atoms. The van der Waals surface area contributed by atoms with Gasteiger partial charge in [0, 0.05) is 18.2 Å². The molecule has 0 spiro atoms. The molecule has 1 aromatic carbocycles. The van der Waals surface area contributed by atoms with E-state index in [1.165, 1.54) is 6.42 Å². The number of hydrogen-bond donors (Lipinski definition) is 2. The molecular formula is C29H43N3O4. The summed E-state index contributed by atoms with van der Waals surface area (Å²) in [4.78, 5) is 41.8. The van der Waals surface area contributed by atoms with Gasteiger partial charge in [-0.05, 0) is 63.6 Å². The molecule has 2 rings (SSSR count). The van der Waals surface area contributed by atoms with Gasteiger partial charge in [0.05, 0.1) is 0 Å². The first-order valence-corrected chi connectivity index (χ1v) is 13.1. The Labute approximate surface area is 216 Å². The van der Waals surface area contributed by atoms with Crippen LogP contribution in [0.15, 0.2) is 24.3 Å². The van der Waals surface area contributed by atoms with Crippen LogP contribution in [-0.4, -0.2) is 47.0 Å². The van der Waals surface area contributed by atoms with Crippen molar-refractivity contribution < 1.29 is 19.1 Å². The Bertz CT molecular complexity index is 921. The first kappa shape index (κ1) is 29.2. The summed E-state index contributed by atoms with van der Waals surface area (Å²) >= 11 is 0. The minimum Gasteiger partial charge on any atom is -0.444 e. The Kier molecular flexibility index (Phi) is 10.8. The van der Waals surface area contributed by atoms with E-state index in [9.17, 15) is 14.4 Å². The highest BCUT2D eigenvalue weighted by Crippen LogP contribution is 2.26. The van der Waals surface area contributed by atoms with Gasteiger partial charge < -0.3 is 20.3 Å². The maximum Gasteiger partial charge on any atom is 0.408 e. The molecule has 7 heteroatoms. The molecule has 0 aliphatic heterocycles. The van der Waals surface area contributed by atoms with Gasteiger partial charge in [-0.3, -0.25) is 9.59 Å². The van der Waals surface area contributed by atoms with Crippen LogP contribution in [0.5, 0.6) is 0 Å². The van der Waals surface area contributed by atoms with E-state index in [4.69, 9.17) is 11.2 Å². The summed E-state index contributed by atoms with van der Waals surface area (Å²) < 4.78 is 5.41. The summed E-state index contributed by atoms with van der Waals surface area (Å²) in [6.45, 7) is 11.4. The number of nitrogens with one attached hydrogen (secondary N) is 2. The molecule has 7 nitrogen and oxygen atoms in total.